The molecule has 0 radical (unpaired) electrons. The van der Waals surface area contributed by atoms with E-state index in [9.17, 15) is 14.7 Å². The fraction of sp³-hybridized carbons (Fsp3) is 0.250. The van der Waals surface area contributed by atoms with Crippen LogP contribution in [0.2, 0.25) is 0 Å². The van der Waals surface area contributed by atoms with E-state index >= 15 is 0 Å². The average Bonchev–Trinajstić information content (AvgIpc) is 2.36. The molecule has 0 atom stereocenters. The maximum Gasteiger partial charge on any atom is 0.341 e. The first-order chi connectivity index (χ1) is 9.40. The number of pyridine rings is 1. The molecular weight excluding hydrogens is 254 g/mol. The third-order valence-corrected chi connectivity index (χ3v) is 3.44. The number of aryl methyl sites for hydroxylation is 2. The number of nitrogens with zero attached hydrogens (tertiary/aromatic N) is 1. The Bertz CT molecular complexity index is 729. The minimum Gasteiger partial charge on any atom is -0.477 e. The van der Waals surface area contributed by atoms with Gasteiger partial charge in [-0.05, 0) is 37.5 Å². The van der Waals surface area contributed by atoms with Crippen LogP contribution in [0.4, 0.5) is 0 Å². The summed E-state index contributed by atoms with van der Waals surface area (Å²) in [5.41, 5.74) is 2.82. The Labute approximate surface area is 117 Å². The van der Waals surface area contributed by atoms with Crippen molar-refractivity contribution in [2.75, 3.05) is 0 Å². The van der Waals surface area contributed by atoms with Gasteiger partial charge in [-0.1, -0.05) is 29.8 Å². The van der Waals surface area contributed by atoms with Crippen molar-refractivity contribution >= 4 is 5.97 Å². The molecular formula is C16H17NO3. The molecule has 20 heavy (non-hydrogen) atoms. The van der Waals surface area contributed by atoms with E-state index in [4.69, 9.17) is 0 Å². The van der Waals surface area contributed by atoms with Crippen molar-refractivity contribution in [3.05, 3.63) is 68.6 Å². The van der Waals surface area contributed by atoms with Crippen molar-refractivity contribution in [3.63, 3.8) is 0 Å². The molecule has 1 N–H and O–H groups in total. The lowest BCUT2D eigenvalue weighted by atomic mass is 10.1. The van der Waals surface area contributed by atoms with Gasteiger partial charge in [0.1, 0.15) is 5.56 Å². The predicted octanol–water partition coefficient (Wildman–Crippen LogP) is 2.52. The number of carboxylic acids is 1. The summed E-state index contributed by atoms with van der Waals surface area (Å²) in [6.45, 7) is 5.84. The summed E-state index contributed by atoms with van der Waals surface area (Å²) in [5.74, 6) is -1.17. The molecule has 4 nitrogen and oxygen atoms in total. The summed E-state index contributed by atoms with van der Waals surface area (Å²) < 4.78 is 1.46. The van der Waals surface area contributed by atoms with E-state index in [0.29, 0.717) is 12.1 Å². The highest BCUT2D eigenvalue weighted by Crippen LogP contribution is 2.11. The number of carbonyl (C=O) groups is 1. The smallest absolute Gasteiger partial charge is 0.341 e. The van der Waals surface area contributed by atoms with Gasteiger partial charge in [0.25, 0.3) is 5.56 Å². The van der Waals surface area contributed by atoms with Gasteiger partial charge in [-0.25, -0.2) is 4.79 Å². The number of rotatable bonds is 3. The third kappa shape index (κ3) is 2.64. The molecule has 0 aliphatic carbocycles. The fourth-order valence-electron chi connectivity index (χ4n) is 2.27. The summed E-state index contributed by atoms with van der Waals surface area (Å²) >= 11 is 0. The van der Waals surface area contributed by atoms with Crippen LogP contribution in [0.5, 0.6) is 0 Å². The number of benzene rings is 1. The van der Waals surface area contributed by atoms with Crippen molar-refractivity contribution in [2.45, 2.75) is 27.3 Å². The molecule has 2 rings (SSSR count). The molecule has 0 bridgehead atoms. The van der Waals surface area contributed by atoms with Gasteiger partial charge >= 0.3 is 5.97 Å². The van der Waals surface area contributed by atoms with Gasteiger partial charge in [0, 0.05) is 6.20 Å². The van der Waals surface area contributed by atoms with Crippen LogP contribution in [0.15, 0.2) is 35.3 Å². The van der Waals surface area contributed by atoms with E-state index in [2.05, 4.69) is 0 Å². The lowest BCUT2D eigenvalue weighted by Crippen LogP contribution is -2.28. The normalized spacial score (nSPS) is 10.6. The highest BCUT2D eigenvalue weighted by Gasteiger charge is 2.16. The molecule has 0 aliphatic rings. The summed E-state index contributed by atoms with van der Waals surface area (Å²) in [6, 6.07) is 7.82. The molecule has 1 heterocycles. The lowest BCUT2D eigenvalue weighted by molar-refractivity contribution is 0.0693. The van der Waals surface area contributed by atoms with Gasteiger partial charge in [0.2, 0.25) is 0 Å². The van der Waals surface area contributed by atoms with E-state index in [-0.39, 0.29) is 5.56 Å². The van der Waals surface area contributed by atoms with Crippen LogP contribution < -0.4 is 5.56 Å². The predicted molar refractivity (Wildman–Crippen MR) is 77.4 cm³/mol. The molecule has 0 spiro atoms. The van der Waals surface area contributed by atoms with E-state index in [0.717, 1.165) is 16.7 Å². The fourth-order valence-corrected chi connectivity index (χ4v) is 2.27. The highest BCUT2D eigenvalue weighted by atomic mass is 16.4. The number of hydrogen-bond donors (Lipinski definition) is 1. The Hall–Kier alpha value is -2.36. The first-order valence-corrected chi connectivity index (χ1v) is 6.39. The van der Waals surface area contributed by atoms with Crippen LogP contribution in [-0.4, -0.2) is 15.6 Å². The van der Waals surface area contributed by atoms with Crippen LogP contribution in [0.1, 0.15) is 32.6 Å². The summed E-state index contributed by atoms with van der Waals surface area (Å²) in [5, 5.41) is 9.19. The zero-order valence-electron chi connectivity index (χ0n) is 11.8. The van der Waals surface area contributed by atoms with Crippen molar-refractivity contribution in [2.24, 2.45) is 0 Å². The van der Waals surface area contributed by atoms with E-state index in [1.54, 1.807) is 13.1 Å². The SMILES string of the molecule is Cc1cccc(Cn2cc(C)c(C)c(C(=O)O)c2=O)c1. The lowest BCUT2D eigenvalue weighted by Gasteiger charge is -2.12. The first kappa shape index (κ1) is 14.1. The van der Waals surface area contributed by atoms with Crippen LogP contribution >= 0.6 is 0 Å². The van der Waals surface area contributed by atoms with Crippen LogP contribution in [0.25, 0.3) is 0 Å². The van der Waals surface area contributed by atoms with Gasteiger partial charge in [-0.2, -0.15) is 0 Å². The molecule has 104 valence electrons. The number of carboxylic acid groups (broad SMARTS) is 1. The molecule has 1 aromatic carbocycles. The Morgan fingerprint density at radius 3 is 2.55 bits per heavy atom. The summed E-state index contributed by atoms with van der Waals surface area (Å²) in [4.78, 5) is 23.5. The Kier molecular flexibility index (Phi) is 3.74. The number of hydrogen-bond acceptors (Lipinski definition) is 2. The van der Waals surface area contributed by atoms with Gasteiger partial charge in [-0.3, -0.25) is 4.79 Å². The molecule has 2 aromatic rings. The van der Waals surface area contributed by atoms with Crippen LogP contribution in [0.3, 0.4) is 0 Å². The highest BCUT2D eigenvalue weighted by molar-refractivity contribution is 5.89. The van der Waals surface area contributed by atoms with Crippen molar-refractivity contribution in [3.8, 4) is 0 Å². The van der Waals surface area contributed by atoms with E-state index in [1.165, 1.54) is 4.57 Å². The van der Waals surface area contributed by atoms with E-state index in [1.807, 2.05) is 38.1 Å². The monoisotopic (exact) mass is 271 g/mol. The van der Waals surface area contributed by atoms with E-state index < -0.39 is 11.5 Å². The second kappa shape index (κ2) is 5.33. The number of aromatic carboxylic acids is 1. The van der Waals surface area contributed by atoms with Crippen LogP contribution in [-0.2, 0) is 6.54 Å². The third-order valence-electron chi connectivity index (χ3n) is 3.44. The van der Waals surface area contributed by atoms with Crippen LogP contribution in [0, 0.1) is 20.8 Å². The second-order valence-corrected chi connectivity index (χ2v) is 5.04. The van der Waals surface area contributed by atoms with Crippen molar-refractivity contribution < 1.29 is 9.90 Å². The first-order valence-electron chi connectivity index (χ1n) is 6.39. The molecule has 0 amide bonds. The molecule has 0 fully saturated rings. The zero-order chi connectivity index (χ0) is 14.9. The van der Waals surface area contributed by atoms with Gasteiger partial charge < -0.3 is 9.67 Å². The molecule has 1 aromatic heterocycles. The minimum absolute atomic E-state index is 0.141. The second-order valence-electron chi connectivity index (χ2n) is 5.04. The molecule has 0 unspecified atom stereocenters. The average molecular weight is 271 g/mol. The topological polar surface area (TPSA) is 59.3 Å². The minimum atomic E-state index is -1.17. The molecule has 0 aliphatic heterocycles. The Morgan fingerprint density at radius 2 is 1.95 bits per heavy atom. The van der Waals surface area contributed by atoms with Crippen molar-refractivity contribution in [1.29, 1.82) is 0 Å². The summed E-state index contributed by atoms with van der Waals surface area (Å²) in [7, 11) is 0. The van der Waals surface area contributed by atoms with Crippen molar-refractivity contribution in [1.82, 2.24) is 4.57 Å². The zero-order valence-corrected chi connectivity index (χ0v) is 11.8. The maximum absolute atomic E-state index is 12.3. The quantitative estimate of drug-likeness (QED) is 0.933. The standard InChI is InChI=1S/C16H17NO3/c1-10-5-4-6-13(7-10)9-17-8-11(2)12(3)14(15(17)18)16(19)20/h4-8H,9H2,1-3H3,(H,19,20). The number of aromatic nitrogens is 1. The van der Waals surface area contributed by atoms with Gasteiger partial charge in [0.15, 0.2) is 0 Å². The Morgan fingerprint density at radius 1 is 1.25 bits per heavy atom. The Balaban J connectivity index is 2.53. The van der Waals surface area contributed by atoms with Gasteiger partial charge in [-0.15, -0.1) is 0 Å². The summed E-state index contributed by atoms with van der Waals surface area (Å²) in [6.07, 6.45) is 1.71. The maximum atomic E-state index is 12.3. The molecule has 4 heteroatoms. The van der Waals surface area contributed by atoms with Gasteiger partial charge in [0.05, 0.1) is 6.54 Å². The molecule has 0 saturated carbocycles. The largest absolute Gasteiger partial charge is 0.477 e. The molecule has 0 saturated heterocycles.